The van der Waals surface area contributed by atoms with Crippen molar-refractivity contribution < 1.29 is 23.8 Å². The van der Waals surface area contributed by atoms with Crippen LogP contribution in [0.25, 0.3) is 6.08 Å². The third-order valence-electron chi connectivity index (χ3n) is 4.22. The van der Waals surface area contributed by atoms with Crippen molar-refractivity contribution in [3.05, 3.63) is 95.6 Å². The smallest absolute Gasteiger partial charge is 0.343 e. The molecule has 0 aliphatic heterocycles. The fourth-order valence-corrected chi connectivity index (χ4v) is 2.56. The molecular formula is C24H20O5. The molecule has 0 spiro atoms. The summed E-state index contributed by atoms with van der Waals surface area (Å²) in [7, 11) is 3.16. The van der Waals surface area contributed by atoms with E-state index in [0.29, 0.717) is 22.6 Å². The summed E-state index contributed by atoms with van der Waals surface area (Å²) in [6.07, 6.45) is 3.24. The molecule has 0 saturated heterocycles. The Morgan fingerprint density at radius 2 is 1.14 bits per heavy atom. The van der Waals surface area contributed by atoms with Gasteiger partial charge >= 0.3 is 5.97 Å². The summed E-state index contributed by atoms with van der Waals surface area (Å²) in [5, 5.41) is 0. The second-order valence-corrected chi connectivity index (χ2v) is 6.11. The van der Waals surface area contributed by atoms with Gasteiger partial charge in [-0.05, 0) is 72.3 Å². The zero-order chi connectivity index (χ0) is 20.6. The van der Waals surface area contributed by atoms with E-state index in [0.717, 1.165) is 11.3 Å². The number of benzene rings is 3. The number of allylic oxidation sites excluding steroid dienone is 1. The van der Waals surface area contributed by atoms with Gasteiger partial charge in [-0.3, -0.25) is 4.79 Å². The first-order valence-electron chi connectivity index (χ1n) is 8.92. The molecule has 0 unspecified atom stereocenters. The van der Waals surface area contributed by atoms with Crippen LogP contribution < -0.4 is 14.2 Å². The summed E-state index contributed by atoms with van der Waals surface area (Å²) in [6.45, 7) is 0. The van der Waals surface area contributed by atoms with Gasteiger partial charge in [-0.2, -0.15) is 0 Å². The maximum atomic E-state index is 12.3. The molecular weight excluding hydrogens is 368 g/mol. The van der Waals surface area contributed by atoms with E-state index < -0.39 is 5.97 Å². The van der Waals surface area contributed by atoms with Crippen LogP contribution in [0.3, 0.4) is 0 Å². The minimum atomic E-state index is -0.480. The minimum absolute atomic E-state index is 0.145. The molecule has 146 valence electrons. The second-order valence-electron chi connectivity index (χ2n) is 6.11. The second kappa shape index (κ2) is 9.37. The van der Waals surface area contributed by atoms with Gasteiger partial charge in [-0.25, -0.2) is 4.79 Å². The van der Waals surface area contributed by atoms with Crippen LogP contribution in [-0.4, -0.2) is 26.0 Å². The van der Waals surface area contributed by atoms with Gasteiger partial charge in [0.25, 0.3) is 0 Å². The molecule has 3 aromatic rings. The van der Waals surface area contributed by atoms with Crippen molar-refractivity contribution in [2.75, 3.05) is 14.2 Å². The first-order valence-corrected chi connectivity index (χ1v) is 8.92. The third kappa shape index (κ3) is 5.32. The van der Waals surface area contributed by atoms with Crippen molar-refractivity contribution >= 4 is 17.8 Å². The van der Waals surface area contributed by atoms with Gasteiger partial charge in [0, 0.05) is 5.56 Å². The summed E-state index contributed by atoms with van der Waals surface area (Å²) in [5.41, 5.74) is 1.80. The lowest BCUT2D eigenvalue weighted by atomic mass is 10.1. The lowest BCUT2D eigenvalue weighted by molar-refractivity contribution is 0.0734. The first-order chi connectivity index (χ1) is 14.1. The highest BCUT2D eigenvalue weighted by Crippen LogP contribution is 2.18. The first kappa shape index (κ1) is 19.9. The summed E-state index contributed by atoms with van der Waals surface area (Å²) in [6, 6.07) is 20.5. The van der Waals surface area contributed by atoms with E-state index in [2.05, 4.69) is 0 Å². The van der Waals surface area contributed by atoms with Crippen molar-refractivity contribution in [1.29, 1.82) is 0 Å². The Bertz CT molecular complexity index is 1000. The zero-order valence-electron chi connectivity index (χ0n) is 16.1. The van der Waals surface area contributed by atoms with E-state index in [1.54, 1.807) is 68.8 Å². The normalized spacial score (nSPS) is 10.6. The average Bonchev–Trinajstić information content (AvgIpc) is 2.78. The van der Waals surface area contributed by atoms with Gasteiger partial charge in [0.2, 0.25) is 0 Å². The molecule has 0 N–H and O–H groups in total. The van der Waals surface area contributed by atoms with Gasteiger partial charge in [-0.1, -0.05) is 18.2 Å². The van der Waals surface area contributed by atoms with Crippen LogP contribution in [0.15, 0.2) is 78.9 Å². The summed E-state index contributed by atoms with van der Waals surface area (Å²) in [4.78, 5) is 24.5. The van der Waals surface area contributed by atoms with Crippen LogP contribution in [0.2, 0.25) is 0 Å². The molecule has 29 heavy (non-hydrogen) atoms. The number of methoxy groups -OCH3 is 2. The number of ketones is 1. The van der Waals surface area contributed by atoms with E-state index in [-0.39, 0.29) is 5.78 Å². The van der Waals surface area contributed by atoms with E-state index in [1.165, 1.54) is 6.08 Å². The monoisotopic (exact) mass is 388 g/mol. The molecule has 0 aromatic heterocycles. The predicted molar refractivity (Wildman–Crippen MR) is 111 cm³/mol. The van der Waals surface area contributed by atoms with Crippen molar-refractivity contribution in [2.45, 2.75) is 0 Å². The van der Waals surface area contributed by atoms with Gasteiger partial charge in [0.1, 0.15) is 17.2 Å². The molecule has 0 radical (unpaired) electrons. The van der Waals surface area contributed by atoms with Crippen LogP contribution in [0.4, 0.5) is 0 Å². The van der Waals surface area contributed by atoms with Crippen molar-refractivity contribution in [3.8, 4) is 17.2 Å². The number of ether oxygens (including phenoxy) is 3. The number of carbonyl (C=O) groups is 2. The minimum Gasteiger partial charge on any atom is -0.497 e. The molecule has 0 aliphatic carbocycles. The molecule has 0 amide bonds. The lowest BCUT2D eigenvalue weighted by Crippen LogP contribution is -2.08. The Morgan fingerprint density at radius 1 is 0.655 bits per heavy atom. The van der Waals surface area contributed by atoms with Crippen LogP contribution in [0.5, 0.6) is 17.2 Å². The fraction of sp³-hybridized carbons (Fsp3) is 0.0833. The fourth-order valence-electron chi connectivity index (χ4n) is 2.56. The van der Waals surface area contributed by atoms with Gasteiger partial charge in [0.05, 0.1) is 19.8 Å². The van der Waals surface area contributed by atoms with Crippen LogP contribution in [-0.2, 0) is 0 Å². The number of hydrogen-bond acceptors (Lipinski definition) is 5. The molecule has 0 saturated carbocycles. The number of hydrogen-bond donors (Lipinski definition) is 0. The highest BCUT2D eigenvalue weighted by atomic mass is 16.5. The summed E-state index contributed by atoms with van der Waals surface area (Å²) in [5.74, 6) is 1.15. The van der Waals surface area contributed by atoms with Gasteiger partial charge in [-0.15, -0.1) is 0 Å². The van der Waals surface area contributed by atoms with Crippen LogP contribution in [0.1, 0.15) is 26.3 Å². The third-order valence-corrected chi connectivity index (χ3v) is 4.22. The number of rotatable bonds is 7. The zero-order valence-corrected chi connectivity index (χ0v) is 16.1. The van der Waals surface area contributed by atoms with Crippen molar-refractivity contribution in [3.63, 3.8) is 0 Å². The van der Waals surface area contributed by atoms with E-state index in [9.17, 15) is 9.59 Å². The maximum Gasteiger partial charge on any atom is 0.343 e. The highest BCUT2D eigenvalue weighted by molar-refractivity contribution is 6.06. The van der Waals surface area contributed by atoms with E-state index >= 15 is 0 Å². The van der Waals surface area contributed by atoms with Crippen molar-refractivity contribution in [2.24, 2.45) is 0 Å². The van der Waals surface area contributed by atoms with E-state index in [1.807, 2.05) is 24.3 Å². The quantitative estimate of drug-likeness (QED) is 0.251. The average molecular weight is 388 g/mol. The summed E-state index contributed by atoms with van der Waals surface area (Å²) < 4.78 is 15.5. The number of carbonyl (C=O) groups excluding carboxylic acids is 2. The maximum absolute atomic E-state index is 12.3. The van der Waals surface area contributed by atoms with Gasteiger partial charge in [0.15, 0.2) is 5.78 Å². The molecule has 0 fully saturated rings. The SMILES string of the molecule is COc1ccc(C=CC(=O)c2ccc(OC(=O)c3ccc(OC)cc3)cc2)cc1. The molecule has 0 atom stereocenters. The lowest BCUT2D eigenvalue weighted by Gasteiger charge is -2.06. The number of esters is 1. The molecule has 3 aromatic carbocycles. The molecule has 0 bridgehead atoms. The van der Waals surface area contributed by atoms with Crippen LogP contribution in [0, 0.1) is 0 Å². The van der Waals surface area contributed by atoms with Crippen LogP contribution >= 0.6 is 0 Å². The Labute approximate surface area is 169 Å². The topological polar surface area (TPSA) is 61.8 Å². The molecule has 0 aliphatic rings. The largest absolute Gasteiger partial charge is 0.497 e. The Morgan fingerprint density at radius 3 is 1.69 bits per heavy atom. The van der Waals surface area contributed by atoms with Crippen molar-refractivity contribution in [1.82, 2.24) is 0 Å². The molecule has 3 rings (SSSR count). The Balaban J connectivity index is 1.61. The van der Waals surface area contributed by atoms with Gasteiger partial charge < -0.3 is 14.2 Å². The molecule has 5 heteroatoms. The van der Waals surface area contributed by atoms with E-state index in [4.69, 9.17) is 14.2 Å². The molecule has 5 nitrogen and oxygen atoms in total. The Kier molecular flexibility index (Phi) is 6.43. The predicted octanol–water partition coefficient (Wildman–Crippen LogP) is 4.82. The highest BCUT2D eigenvalue weighted by Gasteiger charge is 2.09. The standard InChI is InChI=1S/C24H20O5/c1-27-20-10-3-17(4-11-20)5-16-23(25)18-6-14-22(15-7-18)29-24(26)19-8-12-21(28-2)13-9-19/h3-16H,1-2H3. The Hall–Kier alpha value is -3.86. The summed E-state index contributed by atoms with van der Waals surface area (Å²) >= 11 is 0. The molecule has 0 heterocycles.